The number of benzene rings is 1. The molecule has 0 atom stereocenters. The first kappa shape index (κ1) is 16.7. The van der Waals surface area contributed by atoms with Crippen LogP contribution in [0.5, 0.6) is 0 Å². The molecule has 1 amide bonds. The SMILES string of the molecule is O=C(Cc1cc(-c2ccccc2)on1)NCCCN1CCOCC1. The average molecular weight is 329 g/mol. The minimum absolute atomic E-state index is 0.0233. The highest BCUT2D eigenvalue weighted by Crippen LogP contribution is 2.19. The zero-order valence-corrected chi connectivity index (χ0v) is 13.7. The van der Waals surface area contributed by atoms with Crippen LogP contribution >= 0.6 is 0 Å². The molecule has 1 N–H and O–H groups in total. The van der Waals surface area contributed by atoms with Crippen molar-refractivity contribution < 1.29 is 14.1 Å². The lowest BCUT2D eigenvalue weighted by Crippen LogP contribution is -2.38. The molecule has 1 aliphatic heterocycles. The van der Waals surface area contributed by atoms with Crippen LogP contribution in [0, 0.1) is 0 Å². The zero-order valence-electron chi connectivity index (χ0n) is 13.7. The van der Waals surface area contributed by atoms with E-state index >= 15 is 0 Å². The second-order valence-corrected chi connectivity index (χ2v) is 5.88. The number of nitrogens with zero attached hydrogens (tertiary/aromatic N) is 2. The van der Waals surface area contributed by atoms with Crippen molar-refractivity contribution in [3.8, 4) is 11.3 Å². The minimum Gasteiger partial charge on any atom is -0.379 e. The van der Waals surface area contributed by atoms with E-state index in [4.69, 9.17) is 9.26 Å². The first-order valence-electron chi connectivity index (χ1n) is 8.39. The standard InChI is InChI=1S/C18H23N3O3/c22-18(19-7-4-8-21-9-11-23-12-10-21)14-16-13-17(24-20-16)15-5-2-1-3-6-15/h1-3,5-6,13H,4,7-12,14H2,(H,19,22). The first-order chi connectivity index (χ1) is 11.8. The summed E-state index contributed by atoms with van der Waals surface area (Å²) in [7, 11) is 0. The molecule has 0 radical (unpaired) electrons. The van der Waals surface area contributed by atoms with E-state index in [0.717, 1.165) is 44.8 Å². The van der Waals surface area contributed by atoms with Gasteiger partial charge >= 0.3 is 0 Å². The Bertz CT molecular complexity index is 636. The second-order valence-electron chi connectivity index (χ2n) is 5.88. The fourth-order valence-electron chi connectivity index (χ4n) is 2.72. The highest BCUT2D eigenvalue weighted by atomic mass is 16.5. The molecular weight excluding hydrogens is 306 g/mol. The van der Waals surface area contributed by atoms with Crippen molar-refractivity contribution >= 4 is 5.91 Å². The van der Waals surface area contributed by atoms with Crippen LogP contribution in [0.4, 0.5) is 0 Å². The maximum Gasteiger partial charge on any atom is 0.226 e. The number of hydrogen-bond acceptors (Lipinski definition) is 5. The van der Waals surface area contributed by atoms with Gasteiger partial charge in [0, 0.05) is 31.3 Å². The maximum atomic E-state index is 12.0. The molecule has 128 valence electrons. The van der Waals surface area contributed by atoms with Gasteiger partial charge in [0.2, 0.25) is 5.91 Å². The van der Waals surface area contributed by atoms with Crippen LogP contribution < -0.4 is 5.32 Å². The molecule has 0 saturated carbocycles. The summed E-state index contributed by atoms with van der Waals surface area (Å²) in [6.45, 7) is 5.25. The molecule has 6 heteroatoms. The number of nitrogens with one attached hydrogen (secondary N) is 1. The van der Waals surface area contributed by atoms with Gasteiger partial charge in [-0.15, -0.1) is 0 Å². The molecule has 24 heavy (non-hydrogen) atoms. The van der Waals surface area contributed by atoms with Crippen LogP contribution in [0.3, 0.4) is 0 Å². The third kappa shape index (κ3) is 4.91. The molecule has 0 unspecified atom stereocenters. The molecule has 1 fully saturated rings. The summed E-state index contributed by atoms with van der Waals surface area (Å²) in [6.07, 6.45) is 1.19. The Balaban J connectivity index is 1.38. The van der Waals surface area contributed by atoms with Crippen LogP contribution in [-0.4, -0.2) is 55.4 Å². The Morgan fingerprint density at radius 2 is 2.00 bits per heavy atom. The monoisotopic (exact) mass is 329 g/mol. The Labute approximate surface area is 141 Å². The Morgan fingerprint density at radius 1 is 1.21 bits per heavy atom. The van der Waals surface area contributed by atoms with Gasteiger partial charge < -0.3 is 14.6 Å². The van der Waals surface area contributed by atoms with Crippen LogP contribution in [0.25, 0.3) is 11.3 Å². The molecule has 0 bridgehead atoms. The normalized spacial score (nSPS) is 15.3. The van der Waals surface area contributed by atoms with Crippen molar-refractivity contribution in [3.63, 3.8) is 0 Å². The van der Waals surface area contributed by atoms with E-state index in [2.05, 4.69) is 15.4 Å². The van der Waals surface area contributed by atoms with Crippen molar-refractivity contribution in [2.75, 3.05) is 39.4 Å². The van der Waals surface area contributed by atoms with Gasteiger partial charge in [-0.25, -0.2) is 0 Å². The lowest BCUT2D eigenvalue weighted by atomic mass is 10.1. The summed E-state index contributed by atoms with van der Waals surface area (Å²) < 4.78 is 10.6. The topological polar surface area (TPSA) is 67.6 Å². The summed E-state index contributed by atoms with van der Waals surface area (Å²) in [5.74, 6) is 0.663. The van der Waals surface area contributed by atoms with Gasteiger partial charge in [0.05, 0.1) is 25.3 Å². The van der Waals surface area contributed by atoms with E-state index in [1.807, 2.05) is 36.4 Å². The molecular formula is C18H23N3O3. The molecule has 2 heterocycles. The number of aromatic nitrogens is 1. The highest BCUT2D eigenvalue weighted by Gasteiger charge is 2.11. The zero-order chi connectivity index (χ0) is 16.6. The molecule has 3 rings (SSSR count). The molecule has 6 nitrogen and oxygen atoms in total. The van der Waals surface area contributed by atoms with Gasteiger partial charge in [-0.1, -0.05) is 35.5 Å². The lowest BCUT2D eigenvalue weighted by molar-refractivity contribution is -0.120. The van der Waals surface area contributed by atoms with E-state index in [9.17, 15) is 4.79 Å². The predicted octanol–water partition coefficient (Wildman–Crippen LogP) is 1.72. The summed E-state index contributed by atoms with van der Waals surface area (Å²) in [5.41, 5.74) is 1.61. The van der Waals surface area contributed by atoms with Gasteiger partial charge in [-0.2, -0.15) is 0 Å². The molecule has 1 aromatic carbocycles. The van der Waals surface area contributed by atoms with Crippen LogP contribution in [0.15, 0.2) is 40.9 Å². The quantitative estimate of drug-likeness (QED) is 0.784. The van der Waals surface area contributed by atoms with Crippen molar-refractivity contribution in [2.24, 2.45) is 0 Å². The first-order valence-corrected chi connectivity index (χ1v) is 8.39. The summed E-state index contributed by atoms with van der Waals surface area (Å²) in [4.78, 5) is 14.3. The van der Waals surface area contributed by atoms with Gasteiger partial charge in [0.15, 0.2) is 5.76 Å². The van der Waals surface area contributed by atoms with Gasteiger partial charge in [0.1, 0.15) is 0 Å². The Hall–Kier alpha value is -2.18. The highest BCUT2D eigenvalue weighted by molar-refractivity contribution is 5.78. The number of ether oxygens (including phenoxy) is 1. The average Bonchev–Trinajstić information content (AvgIpc) is 3.09. The smallest absolute Gasteiger partial charge is 0.226 e. The number of amides is 1. The van der Waals surface area contributed by atoms with Gasteiger partial charge in [-0.3, -0.25) is 9.69 Å². The molecule has 1 aromatic heterocycles. The van der Waals surface area contributed by atoms with Crippen molar-refractivity contribution in [1.82, 2.24) is 15.4 Å². The molecule has 0 spiro atoms. The van der Waals surface area contributed by atoms with Gasteiger partial charge in [0.25, 0.3) is 0 Å². The Morgan fingerprint density at radius 3 is 2.79 bits per heavy atom. The van der Waals surface area contributed by atoms with Crippen molar-refractivity contribution in [1.29, 1.82) is 0 Å². The van der Waals surface area contributed by atoms with E-state index in [0.29, 0.717) is 18.0 Å². The lowest BCUT2D eigenvalue weighted by Gasteiger charge is -2.26. The second kappa shape index (κ2) is 8.61. The van der Waals surface area contributed by atoms with Crippen molar-refractivity contribution in [3.05, 3.63) is 42.1 Å². The van der Waals surface area contributed by atoms with Crippen LogP contribution in [0.1, 0.15) is 12.1 Å². The van der Waals surface area contributed by atoms with Crippen LogP contribution in [0.2, 0.25) is 0 Å². The molecule has 0 aliphatic carbocycles. The number of rotatable bonds is 7. The van der Waals surface area contributed by atoms with E-state index in [1.165, 1.54) is 0 Å². The predicted molar refractivity (Wildman–Crippen MR) is 90.5 cm³/mol. The minimum atomic E-state index is -0.0233. The van der Waals surface area contributed by atoms with E-state index in [-0.39, 0.29) is 12.3 Å². The number of carbonyl (C=O) groups is 1. The molecule has 2 aromatic rings. The fraction of sp³-hybridized carbons (Fsp3) is 0.444. The summed E-state index contributed by atoms with van der Waals surface area (Å²) >= 11 is 0. The van der Waals surface area contributed by atoms with Gasteiger partial charge in [-0.05, 0) is 13.0 Å². The summed E-state index contributed by atoms with van der Waals surface area (Å²) in [6, 6.07) is 11.6. The Kier molecular flexibility index (Phi) is 5.98. The largest absolute Gasteiger partial charge is 0.379 e. The maximum absolute atomic E-state index is 12.0. The fourth-order valence-corrected chi connectivity index (χ4v) is 2.72. The molecule has 1 aliphatic rings. The van der Waals surface area contributed by atoms with E-state index in [1.54, 1.807) is 0 Å². The van der Waals surface area contributed by atoms with Crippen molar-refractivity contribution in [2.45, 2.75) is 12.8 Å². The number of carbonyl (C=O) groups excluding carboxylic acids is 1. The number of morpholine rings is 1. The third-order valence-corrected chi connectivity index (χ3v) is 4.04. The summed E-state index contributed by atoms with van der Waals surface area (Å²) in [5, 5.41) is 6.92. The third-order valence-electron chi connectivity index (χ3n) is 4.04. The van der Waals surface area contributed by atoms with Crippen LogP contribution in [-0.2, 0) is 16.0 Å². The van der Waals surface area contributed by atoms with E-state index < -0.39 is 0 Å². The molecule has 1 saturated heterocycles. The number of hydrogen-bond donors (Lipinski definition) is 1.